The van der Waals surface area contributed by atoms with Gasteiger partial charge in [0.15, 0.2) is 5.75 Å². The van der Waals surface area contributed by atoms with Gasteiger partial charge in [0, 0.05) is 22.3 Å². The van der Waals surface area contributed by atoms with Gasteiger partial charge >= 0.3 is 5.63 Å². The lowest BCUT2D eigenvalue weighted by Gasteiger charge is -2.12. The summed E-state index contributed by atoms with van der Waals surface area (Å²) in [6.07, 6.45) is 0. The van der Waals surface area contributed by atoms with Gasteiger partial charge in [-0.1, -0.05) is 36.0 Å². The van der Waals surface area contributed by atoms with E-state index in [4.69, 9.17) is 4.42 Å². The van der Waals surface area contributed by atoms with E-state index < -0.39 is 22.8 Å². The number of fused-ring (bicyclic) bond motifs is 1. The number of halogens is 1. The number of aromatic nitrogens is 1. The zero-order valence-corrected chi connectivity index (χ0v) is 15.5. The van der Waals surface area contributed by atoms with E-state index in [2.05, 4.69) is 0 Å². The van der Waals surface area contributed by atoms with Gasteiger partial charge in [-0.2, -0.15) is 0 Å². The first-order chi connectivity index (χ1) is 13.5. The van der Waals surface area contributed by atoms with E-state index in [-0.39, 0.29) is 15.9 Å². The van der Waals surface area contributed by atoms with Crippen molar-refractivity contribution in [3.05, 3.63) is 92.9 Å². The molecule has 2 heterocycles. The smallest absolute Gasteiger partial charge is 0.354 e. The Morgan fingerprint density at radius 2 is 1.79 bits per heavy atom. The molecule has 5 nitrogen and oxygen atoms in total. The summed E-state index contributed by atoms with van der Waals surface area (Å²) in [6, 6.07) is 16.0. The number of aryl methyl sites for hydroxylation is 1. The molecule has 0 aliphatic carbocycles. The Hall–Kier alpha value is -3.32. The van der Waals surface area contributed by atoms with Crippen molar-refractivity contribution in [2.24, 2.45) is 0 Å². The lowest BCUT2D eigenvalue weighted by Crippen LogP contribution is -2.21. The van der Waals surface area contributed by atoms with E-state index in [0.717, 1.165) is 11.8 Å². The van der Waals surface area contributed by atoms with E-state index in [0.29, 0.717) is 16.3 Å². The normalized spacial score (nSPS) is 11.1. The Morgan fingerprint density at radius 1 is 1.04 bits per heavy atom. The van der Waals surface area contributed by atoms with Gasteiger partial charge in [-0.25, -0.2) is 9.18 Å². The first kappa shape index (κ1) is 18.1. The average Bonchev–Trinajstić information content (AvgIpc) is 2.65. The van der Waals surface area contributed by atoms with E-state index in [9.17, 15) is 19.1 Å². The maximum absolute atomic E-state index is 13.4. The molecule has 0 aliphatic heterocycles. The molecule has 140 valence electrons. The molecule has 0 amide bonds. The predicted molar refractivity (Wildman–Crippen MR) is 105 cm³/mol. The second-order valence-corrected chi connectivity index (χ2v) is 7.21. The van der Waals surface area contributed by atoms with Crippen LogP contribution in [0.15, 0.2) is 84.5 Å². The van der Waals surface area contributed by atoms with Gasteiger partial charge in [0.1, 0.15) is 21.7 Å². The van der Waals surface area contributed by atoms with Crippen LogP contribution in [0.25, 0.3) is 16.7 Å². The van der Waals surface area contributed by atoms with Crippen molar-refractivity contribution in [2.45, 2.75) is 16.7 Å². The van der Waals surface area contributed by atoms with Crippen molar-refractivity contribution >= 4 is 22.7 Å². The van der Waals surface area contributed by atoms with Gasteiger partial charge in [0.2, 0.25) is 0 Å². The van der Waals surface area contributed by atoms with Crippen LogP contribution < -0.4 is 11.2 Å². The molecule has 0 atom stereocenters. The summed E-state index contributed by atoms with van der Waals surface area (Å²) in [4.78, 5) is 25.7. The molecule has 2 aromatic heterocycles. The summed E-state index contributed by atoms with van der Waals surface area (Å²) >= 11 is 0.840. The highest BCUT2D eigenvalue weighted by Gasteiger charge is 2.20. The van der Waals surface area contributed by atoms with Crippen LogP contribution in [-0.2, 0) is 0 Å². The maximum atomic E-state index is 13.4. The van der Waals surface area contributed by atoms with Crippen LogP contribution in [-0.4, -0.2) is 9.67 Å². The highest BCUT2D eigenvalue weighted by molar-refractivity contribution is 7.99. The summed E-state index contributed by atoms with van der Waals surface area (Å²) in [6.45, 7) is 1.71. The van der Waals surface area contributed by atoms with Crippen molar-refractivity contribution in [1.29, 1.82) is 0 Å². The third-order valence-electron chi connectivity index (χ3n) is 4.23. The highest BCUT2D eigenvalue weighted by atomic mass is 32.2. The summed E-state index contributed by atoms with van der Waals surface area (Å²) < 4.78 is 20.2. The number of hydrogen-bond donors (Lipinski definition) is 1. The molecule has 0 unspecified atom stereocenters. The van der Waals surface area contributed by atoms with Crippen molar-refractivity contribution in [3.8, 4) is 11.4 Å². The molecular formula is C21H14FNO4S. The molecule has 0 saturated heterocycles. The zero-order chi connectivity index (χ0) is 19.8. The SMILES string of the molecule is Cc1cc2oc(=O)c(Sc3cccc(F)c3)c(O)c2c(=O)n1-c1ccccc1. The minimum atomic E-state index is -0.796. The van der Waals surface area contributed by atoms with Crippen molar-refractivity contribution in [1.82, 2.24) is 4.57 Å². The molecule has 0 fully saturated rings. The molecule has 1 N–H and O–H groups in total. The molecule has 7 heteroatoms. The Kier molecular flexibility index (Phi) is 4.52. The molecule has 0 aliphatic rings. The lowest BCUT2D eigenvalue weighted by atomic mass is 10.2. The Labute approximate surface area is 162 Å². The van der Waals surface area contributed by atoms with Gasteiger partial charge in [-0.05, 0) is 37.3 Å². The lowest BCUT2D eigenvalue weighted by molar-refractivity contribution is 0.446. The van der Waals surface area contributed by atoms with E-state index in [1.807, 2.05) is 6.07 Å². The number of benzene rings is 2. The minimum absolute atomic E-state index is 0.000716. The second-order valence-electron chi connectivity index (χ2n) is 6.13. The number of hydrogen-bond acceptors (Lipinski definition) is 5. The average molecular weight is 395 g/mol. The van der Waals surface area contributed by atoms with Gasteiger partial charge in [0.05, 0.1) is 0 Å². The van der Waals surface area contributed by atoms with E-state index >= 15 is 0 Å². The zero-order valence-electron chi connectivity index (χ0n) is 14.7. The van der Waals surface area contributed by atoms with Crippen LogP contribution in [0.5, 0.6) is 5.75 Å². The maximum Gasteiger partial charge on any atom is 0.354 e. The van der Waals surface area contributed by atoms with Crippen molar-refractivity contribution < 1.29 is 13.9 Å². The summed E-state index contributed by atoms with van der Waals surface area (Å²) in [5.74, 6) is -0.952. The molecule has 0 bridgehead atoms. The molecule has 2 aromatic carbocycles. The first-order valence-corrected chi connectivity index (χ1v) is 9.18. The number of pyridine rings is 1. The number of nitrogens with zero attached hydrogens (tertiary/aromatic N) is 1. The van der Waals surface area contributed by atoms with Gasteiger partial charge in [0.25, 0.3) is 5.56 Å². The fraction of sp³-hybridized carbons (Fsp3) is 0.0476. The minimum Gasteiger partial charge on any atom is -0.505 e. The third-order valence-corrected chi connectivity index (χ3v) is 5.28. The van der Waals surface area contributed by atoms with Gasteiger partial charge in [-0.3, -0.25) is 9.36 Å². The van der Waals surface area contributed by atoms with Crippen LogP contribution in [0, 0.1) is 12.7 Å². The van der Waals surface area contributed by atoms with E-state index in [1.165, 1.54) is 28.8 Å². The van der Waals surface area contributed by atoms with Gasteiger partial charge in [-0.15, -0.1) is 0 Å². The molecule has 4 aromatic rings. The number of aromatic hydroxyl groups is 1. The van der Waals surface area contributed by atoms with Crippen molar-refractivity contribution in [2.75, 3.05) is 0 Å². The van der Waals surface area contributed by atoms with Crippen LogP contribution in [0.3, 0.4) is 0 Å². The quantitative estimate of drug-likeness (QED) is 0.562. The van der Waals surface area contributed by atoms with Crippen LogP contribution >= 0.6 is 11.8 Å². The molecule has 0 spiro atoms. The molecule has 0 saturated carbocycles. The van der Waals surface area contributed by atoms with Crippen molar-refractivity contribution in [3.63, 3.8) is 0 Å². The Morgan fingerprint density at radius 3 is 2.50 bits per heavy atom. The Balaban J connectivity index is 1.97. The fourth-order valence-corrected chi connectivity index (χ4v) is 3.87. The van der Waals surface area contributed by atoms with Crippen LogP contribution in [0.1, 0.15) is 5.69 Å². The summed E-state index contributed by atoms with van der Waals surface area (Å²) in [7, 11) is 0. The Bertz CT molecular complexity index is 1310. The summed E-state index contributed by atoms with van der Waals surface area (Å²) in [5, 5.41) is 10.6. The molecular weight excluding hydrogens is 381 g/mol. The predicted octanol–water partition coefficient (Wildman–Crippen LogP) is 4.25. The van der Waals surface area contributed by atoms with Gasteiger partial charge < -0.3 is 9.52 Å². The highest BCUT2D eigenvalue weighted by Crippen LogP contribution is 2.35. The van der Waals surface area contributed by atoms with E-state index in [1.54, 1.807) is 37.3 Å². The second kappa shape index (κ2) is 7.01. The fourth-order valence-electron chi connectivity index (χ4n) is 3.00. The first-order valence-electron chi connectivity index (χ1n) is 8.37. The molecule has 4 rings (SSSR count). The molecule has 0 radical (unpaired) electrons. The number of rotatable bonds is 3. The van der Waals surface area contributed by atoms with Crippen LogP contribution in [0.2, 0.25) is 0 Å². The number of para-hydroxylation sites is 1. The summed E-state index contributed by atoms with van der Waals surface area (Å²) in [5.41, 5.74) is -0.131. The monoisotopic (exact) mass is 395 g/mol. The molecule has 28 heavy (non-hydrogen) atoms. The van der Waals surface area contributed by atoms with Crippen LogP contribution in [0.4, 0.5) is 4.39 Å². The topological polar surface area (TPSA) is 72.4 Å². The third kappa shape index (κ3) is 3.10. The largest absolute Gasteiger partial charge is 0.505 e. The standard InChI is InChI=1S/C21H14FNO4S/c1-12-10-16-17(20(25)23(12)14-7-3-2-4-8-14)18(24)19(21(26)27-16)28-15-9-5-6-13(22)11-15/h2-11,24H,1H3.